The number of benzene rings is 2. The predicted octanol–water partition coefficient (Wildman–Crippen LogP) is 4.13. The average molecular weight is 427 g/mol. The van der Waals surface area contributed by atoms with E-state index in [0.717, 1.165) is 16.7 Å². The molecule has 2 heterocycles. The number of hydrogen-bond acceptors (Lipinski definition) is 6. The molecular formula is C25H21N3O4. The van der Waals surface area contributed by atoms with Crippen LogP contribution in [0.3, 0.4) is 0 Å². The van der Waals surface area contributed by atoms with Gasteiger partial charge in [0.15, 0.2) is 11.5 Å². The molecule has 4 aromatic rings. The summed E-state index contributed by atoms with van der Waals surface area (Å²) in [5, 5.41) is 21.3. The number of aromatic amines is 1. The van der Waals surface area contributed by atoms with Crippen molar-refractivity contribution in [3.63, 3.8) is 0 Å². The number of ether oxygens (including phenoxy) is 1. The predicted molar refractivity (Wildman–Crippen MR) is 125 cm³/mol. The summed E-state index contributed by atoms with van der Waals surface area (Å²) in [6.07, 6.45) is 8.82. The molecule has 160 valence electrons. The van der Waals surface area contributed by atoms with Gasteiger partial charge in [-0.3, -0.25) is 19.8 Å². The second-order valence-corrected chi connectivity index (χ2v) is 7.11. The number of aliphatic imine (C=N–C) groups is 1. The van der Waals surface area contributed by atoms with Crippen molar-refractivity contribution in [3.8, 4) is 17.4 Å². The van der Waals surface area contributed by atoms with Crippen molar-refractivity contribution in [2.24, 2.45) is 4.99 Å². The van der Waals surface area contributed by atoms with E-state index in [-0.39, 0.29) is 23.7 Å². The molecule has 4 rings (SSSR count). The first-order valence-electron chi connectivity index (χ1n) is 9.88. The van der Waals surface area contributed by atoms with Crippen LogP contribution in [0, 0.1) is 0 Å². The van der Waals surface area contributed by atoms with E-state index >= 15 is 0 Å². The molecule has 0 fully saturated rings. The maximum Gasteiger partial charge on any atom is 0.258 e. The summed E-state index contributed by atoms with van der Waals surface area (Å²) in [6.45, 7) is 0.277. The molecule has 32 heavy (non-hydrogen) atoms. The van der Waals surface area contributed by atoms with E-state index in [2.05, 4.69) is 15.0 Å². The molecule has 7 nitrogen and oxygen atoms in total. The third kappa shape index (κ3) is 4.52. The Morgan fingerprint density at radius 2 is 1.78 bits per heavy atom. The minimum atomic E-state index is -0.376. The SMILES string of the molecule is COc1ccc(CN=Cc2c(O)[nH]c(=O)c3ccc(/C=C/c4ccncc4)cc23)cc1O. The Bertz CT molecular complexity index is 1380. The zero-order chi connectivity index (χ0) is 22.5. The summed E-state index contributed by atoms with van der Waals surface area (Å²) < 4.78 is 5.04. The zero-order valence-corrected chi connectivity index (χ0v) is 17.3. The molecule has 0 bridgehead atoms. The molecule has 2 aromatic heterocycles. The lowest BCUT2D eigenvalue weighted by Crippen LogP contribution is -2.08. The minimum absolute atomic E-state index is 0.0307. The minimum Gasteiger partial charge on any atom is -0.504 e. The molecular weight excluding hydrogens is 406 g/mol. The Hall–Kier alpha value is -4.39. The third-order valence-electron chi connectivity index (χ3n) is 4.98. The summed E-state index contributed by atoms with van der Waals surface area (Å²) >= 11 is 0. The van der Waals surface area contributed by atoms with Crippen molar-refractivity contribution < 1.29 is 14.9 Å². The van der Waals surface area contributed by atoms with Gasteiger partial charge in [0.1, 0.15) is 0 Å². The second kappa shape index (κ2) is 9.18. The highest BCUT2D eigenvalue weighted by Gasteiger charge is 2.10. The van der Waals surface area contributed by atoms with Gasteiger partial charge in [0.2, 0.25) is 5.88 Å². The number of aromatic nitrogens is 2. The molecule has 0 saturated carbocycles. The van der Waals surface area contributed by atoms with Crippen LogP contribution in [0.2, 0.25) is 0 Å². The number of nitrogens with one attached hydrogen (secondary N) is 1. The molecule has 0 saturated heterocycles. The zero-order valence-electron chi connectivity index (χ0n) is 17.3. The molecule has 7 heteroatoms. The molecule has 0 atom stereocenters. The average Bonchev–Trinajstić information content (AvgIpc) is 2.80. The molecule has 0 aliphatic rings. The van der Waals surface area contributed by atoms with Crippen molar-refractivity contribution in [1.29, 1.82) is 0 Å². The molecule has 0 aliphatic heterocycles. The molecule has 0 spiro atoms. The Morgan fingerprint density at radius 3 is 2.53 bits per heavy atom. The first-order chi connectivity index (χ1) is 15.5. The first kappa shape index (κ1) is 20.9. The second-order valence-electron chi connectivity index (χ2n) is 7.11. The number of hydrogen-bond donors (Lipinski definition) is 3. The highest BCUT2D eigenvalue weighted by atomic mass is 16.5. The fourth-order valence-corrected chi connectivity index (χ4v) is 3.33. The van der Waals surface area contributed by atoms with E-state index in [9.17, 15) is 15.0 Å². The number of rotatable bonds is 6. The number of pyridine rings is 2. The lowest BCUT2D eigenvalue weighted by atomic mass is 10.0. The first-order valence-corrected chi connectivity index (χ1v) is 9.88. The van der Waals surface area contributed by atoms with Gasteiger partial charge < -0.3 is 14.9 Å². The van der Waals surface area contributed by atoms with Crippen LogP contribution in [0.25, 0.3) is 22.9 Å². The van der Waals surface area contributed by atoms with E-state index < -0.39 is 0 Å². The van der Waals surface area contributed by atoms with Crippen molar-refractivity contribution in [2.75, 3.05) is 7.11 Å². The van der Waals surface area contributed by atoms with Crippen LogP contribution in [0.5, 0.6) is 17.4 Å². The fraction of sp³-hybridized carbons (Fsp3) is 0.0800. The maximum atomic E-state index is 12.3. The smallest absolute Gasteiger partial charge is 0.258 e. The van der Waals surface area contributed by atoms with E-state index in [1.54, 1.807) is 36.7 Å². The largest absolute Gasteiger partial charge is 0.504 e. The normalized spacial score (nSPS) is 11.5. The Labute approximate surface area is 184 Å². The van der Waals surface area contributed by atoms with Crippen LogP contribution in [-0.4, -0.2) is 33.5 Å². The summed E-state index contributed by atoms with van der Waals surface area (Å²) in [4.78, 5) is 23.2. The number of fused-ring (bicyclic) bond motifs is 1. The standard InChI is InChI=1S/C25H21N3O4/c1-32-23-7-5-18(13-22(23)29)14-27-15-21-20-12-17(3-2-16-8-10-26-11-9-16)4-6-19(20)24(30)28-25(21)31/h2-13,15,29H,14H2,1H3,(H2,28,30,31)/b3-2+,27-15?. The molecule has 0 aliphatic carbocycles. The molecule has 2 aromatic carbocycles. The van der Waals surface area contributed by atoms with Crippen LogP contribution >= 0.6 is 0 Å². The van der Waals surface area contributed by atoms with Gasteiger partial charge in [-0.1, -0.05) is 24.3 Å². The fourth-order valence-electron chi connectivity index (χ4n) is 3.33. The monoisotopic (exact) mass is 427 g/mol. The lowest BCUT2D eigenvalue weighted by molar-refractivity contribution is 0.373. The number of aromatic hydroxyl groups is 2. The van der Waals surface area contributed by atoms with E-state index in [1.165, 1.54) is 13.3 Å². The van der Waals surface area contributed by atoms with Gasteiger partial charge in [-0.2, -0.15) is 0 Å². The maximum absolute atomic E-state index is 12.3. The van der Waals surface area contributed by atoms with E-state index in [4.69, 9.17) is 4.74 Å². The quantitative estimate of drug-likeness (QED) is 0.401. The highest BCUT2D eigenvalue weighted by molar-refractivity contribution is 6.02. The summed E-state index contributed by atoms with van der Waals surface area (Å²) in [7, 11) is 1.48. The van der Waals surface area contributed by atoms with Gasteiger partial charge in [-0.15, -0.1) is 0 Å². The number of phenolic OH excluding ortho intramolecular Hbond substituents is 1. The van der Waals surface area contributed by atoms with Gasteiger partial charge in [0, 0.05) is 29.4 Å². The Morgan fingerprint density at radius 1 is 1.00 bits per heavy atom. The van der Waals surface area contributed by atoms with Gasteiger partial charge >= 0.3 is 0 Å². The van der Waals surface area contributed by atoms with Crippen LogP contribution in [0.1, 0.15) is 22.3 Å². The van der Waals surface area contributed by atoms with Crippen molar-refractivity contribution in [1.82, 2.24) is 9.97 Å². The van der Waals surface area contributed by atoms with Gasteiger partial charge in [0.05, 0.1) is 19.2 Å². The van der Waals surface area contributed by atoms with Gasteiger partial charge in [0.25, 0.3) is 5.56 Å². The van der Waals surface area contributed by atoms with Crippen molar-refractivity contribution in [2.45, 2.75) is 6.54 Å². The van der Waals surface area contributed by atoms with Gasteiger partial charge in [-0.25, -0.2) is 0 Å². The van der Waals surface area contributed by atoms with Crippen molar-refractivity contribution in [3.05, 3.63) is 93.5 Å². The summed E-state index contributed by atoms with van der Waals surface area (Å²) in [5.74, 6) is 0.164. The molecule has 0 unspecified atom stereocenters. The van der Waals surface area contributed by atoms with Crippen molar-refractivity contribution >= 4 is 29.1 Å². The van der Waals surface area contributed by atoms with Crippen LogP contribution in [0.4, 0.5) is 0 Å². The topological polar surface area (TPSA) is 108 Å². The van der Waals surface area contributed by atoms with E-state index in [0.29, 0.717) is 22.1 Å². The number of H-pyrrole nitrogens is 1. The molecule has 0 amide bonds. The van der Waals surface area contributed by atoms with E-state index in [1.807, 2.05) is 36.4 Å². The number of phenols is 1. The number of methoxy groups -OCH3 is 1. The Kier molecular flexibility index (Phi) is 5.98. The number of nitrogens with zero attached hydrogens (tertiary/aromatic N) is 2. The molecule has 0 radical (unpaired) electrons. The summed E-state index contributed by atoms with van der Waals surface area (Å²) in [6, 6.07) is 14.2. The van der Waals surface area contributed by atoms with Crippen LogP contribution in [-0.2, 0) is 6.54 Å². The lowest BCUT2D eigenvalue weighted by Gasteiger charge is -2.07. The van der Waals surface area contributed by atoms with Crippen LogP contribution < -0.4 is 10.3 Å². The molecule has 3 N–H and O–H groups in total. The summed E-state index contributed by atoms with van der Waals surface area (Å²) in [5.41, 5.74) is 2.68. The Balaban J connectivity index is 1.66. The van der Waals surface area contributed by atoms with Gasteiger partial charge in [-0.05, 0) is 53.1 Å². The third-order valence-corrected chi connectivity index (χ3v) is 4.98. The van der Waals surface area contributed by atoms with Crippen LogP contribution in [0.15, 0.2) is 70.7 Å². The highest BCUT2D eigenvalue weighted by Crippen LogP contribution is 2.27.